The highest BCUT2D eigenvalue weighted by atomic mass is 16.6. The Bertz CT molecular complexity index is 602. The third-order valence-electron chi connectivity index (χ3n) is 3.45. The minimum Gasteiger partial charge on any atom is -0.465 e. The maximum absolute atomic E-state index is 12.5. The molecule has 8 heteroatoms. The summed E-state index contributed by atoms with van der Waals surface area (Å²) in [6.07, 6.45) is -0.929. The van der Waals surface area contributed by atoms with Crippen LogP contribution in [0.5, 0.6) is 0 Å². The van der Waals surface area contributed by atoms with Crippen molar-refractivity contribution in [3.8, 4) is 0 Å². The number of ether oxygens (including phenoxy) is 4. The number of rotatable bonds is 8. The standard InChI is InChI=1S/C18H26O8/c1-7-23-15(19)11-12(16(20)24-8-2)14(18(22)26-10(5)6)13(11)17(21)25-9(3)4/h9-11,13H,7-8H2,1-6H3/t11-,13+/m1/s1. The topological polar surface area (TPSA) is 105 Å². The fourth-order valence-electron chi connectivity index (χ4n) is 2.58. The van der Waals surface area contributed by atoms with Gasteiger partial charge >= 0.3 is 23.9 Å². The van der Waals surface area contributed by atoms with Gasteiger partial charge in [0.15, 0.2) is 0 Å². The summed E-state index contributed by atoms with van der Waals surface area (Å²) >= 11 is 0. The van der Waals surface area contributed by atoms with Crippen LogP contribution in [0.4, 0.5) is 0 Å². The van der Waals surface area contributed by atoms with Crippen molar-refractivity contribution in [1.29, 1.82) is 0 Å². The van der Waals surface area contributed by atoms with Crippen LogP contribution < -0.4 is 0 Å². The summed E-state index contributed by atoms with van der Waals surface area (Å²) in [5.41, 5.74) is -0.414. The molecule has 0 radical (unpaired) electrons. The van der Waals surface area contributed by atoms with Crippen LogP contribution in [0.25, 0.3) is 0 Å². The first kappa shape index (κ1) is 21.7. The lowest BCUT2D eigenvalue weighted by atomic mass is 9.67. The molecule has 0 aliphatic heterocycles. The molecule has 0 amide bonds. The third-order valence-corrected chi connectivity index (χ3v) is 3.45. The quantitative estimate of drug-likeness (QED) is 0.468. The second-order valence-electron chi connectivity index (χ2n) is 6.19. The molecule has 0 spiro atoms. The van der Waals surface area contributed by atoms with Gasteiger partial charge in [0.05, 0.1) is 36.6 Å². The molecule has 0 unspecified atom stereocenters. The largest absolute Gasteiger partial charge is 0.465 e. The lowest BCUT2D eigenvalue weighted by Crippen LogP contribution is -2.49. The second-order valence-corrected chi connectivity index (χ2v) is 6.19. The van der Waals surface area contributed by atoms with E-state index >= 15 is 0 Å². The van der Waals surface area contributed by atoms with Gasteiger partial charge in [-0.15, -0.1) is 0 Å². The van der Waals surface area contributed by atoms with Crippen LogP contribution in [0, 0.1) is 11.8 Å². The molecule has 0 bridgehead atoms. The Balaban J connectivity index is 3.38. The monoisotopic (exact) mass is 370 g/mol. The zero-order valence-corrected chi connectivity index (χ0v) is 16.0. The molecule has 0 aromatic rings. The highest BCUT2D eigenvalue weighted by Gasteiger charge is 2.57. The zero-order valence-electron chi connectivity index (χ0n) is 16.0. The fraction of sp³-hybridized carbons (Fsp3) is 0.667. The maximum atomic E-state index is 12.5. The Morgan fingerprint density at radius 1 is 0.731 bits per heavy atom. The van der Waals surface area contributed by atoms with Gasteiger partial charge in [-0.25, -0.2) is 9.59 Å². The Morgan fingerprint density at radius 2 is 1.19 bits per heavy atom. The molecule has 0 saturated heterocycles. The van der Waals surface area contributed by atoms with Gasteiger partial charge in [0.1, 0.15) is 11.8 Å². The van der Waals surface area contributed by atoms with Crippen molar-refractivity contribution in [3.63, 3.8) is 0 Å². The summed E-state index contributed by atoms with van der Waals surface area (Å²) in [5, 5.41) is 0. The highest BCUT2D eigenvalue weighted by molar-refractivity contribution is 6.13. The van der Waals surface area contributed by atoms with Crippen molar-refractivity contribution in [2.45, 2.75) is 53.8 Å². The van der Waals surface area contributed by atoms with E-state index < -0.39 is 47.9 Å². The number of hydrogen-bond acceptors (Lipinski definition) is 8. The van der Waals surface area contributed by atoms with Crippen molar-refractivity contribution < 1.29 is 38.1 Å². The smallest absolute Gasteiger partial charge is 0.335 e. The van der Waals surface area contributed by atoms with E-state index in [-0.39, 0.29) is 24.4 Å². The van der Waals surface area contributed by atoms with Crippen LogP contribution in [0.3, 0.4) is 0 Å². The molecular formula is C18H26O8. The third kappa shape index (κ3) is 4.83. The van der Waals surface area contributed by atoms with Gasteiger partial charge in [-0.2, -0.15) is 0 Å². The molecule has 0 fully saturated rings. The van der Waals surface area contributed by atoms with Gasteiger partial charge in [0.2, 0.25) is 0 Å². The Hall–Kier alpha value is -2.38. The van der Waals surface area contributed by atoms with Gasteiger partial charge in [0.25, 0.3) is 0 Å². The predicted octanol–water partition coefficient (Wildman–Crippen LogP) is 1.56. The van der Waals surface area contributed by atoms with Gasteiger partial charge in [-0.05, 0) is 41.5 Å². The second kappa shape index (κ2) is 9.35. The van der Waals surface area contributed by atoms with Crippen molar-refractivity contribution in [2.24, 2.45) is 11.8 Å². The van der Waals surface area contributed by atoms with E-state index in [1.165, 1.54) is 0 Å². The molecule has 146 valence electrons. The molecule has 0 saturated carbocycles. The first-order chi connectivity index (χ1) is 12.1. The van der Waals surface area contributed by atoms with Crippen LogP contribution in [0.15, 0.2) is 11.1 Å². The lowest BCUT2D eigenvalue weighted by molar-refractivity contribution is -0.166. The average Bonchev–Trinajstić information content (AvgIpc) is 2.44. The highest BCUT2D eigenvalue weighted by Crippen LogP contribution is 2.44. The Kier molecular flexibility index (Phi) is 7.79. The van der Waals surface area contributed by atoms with E-state index in [9.17, 15) is 19.2 Å². The molecule has 0 aromatic carbocycles. The van der Waals surface area contributed by atoms with Gasteiger partial charge < -0.3 is 18.9 Å². The molecule has 8 nitrogen and oxygen atoms in total. The van der Waals surface area contributed by atoms with E-state index in [1.54, 1.807) is 41.5 Å². The summed E-state index contributed by atoms with van der Waals surface area (Å²) in [5.74, 6) is -5.80. The number of esters is 4. The lowest BCUT2D eigenvalue weighted by Gasteiger charge is -2.36. The van der Waals surface area contributed by atoms with Crippen molar-refractivity contribution >= 4 is 23.9 Å². The molecular weight excluding hydrogens is 344 g/mol. The van der Waals surface area contributed by atoms with E-state index in [0.29, 0.717) is 0 Å². The first-order valence-electron chi connectivity index (χ1n) is 8.64. The van der Waals surface area contributed by atoms with Crippen molar-refractivity contribution in [1.82, 2.24) is 0 Å². The normalized spacial score (nSPS) is 19.1. The summed E-state index contributed by atoms with van der Waals surface area (Å²) in [7, 11) is 0. The molecule has 1 aliphatic rings. The average molecular weight is 370 g/mol. The van der Waals surface area contributed by atoms with Gasteiger partial charge in [0, 0.05) is 0 Å². The summed E-state index contributed by atoms with van der Waals surface area (Å²) < 4.78 is 20.2. The molecule has 1 rings (SSSR count). The van der Waals surface area contributed by atoms with Crippen LogP contribution >= 0.6 is 0 Å². The van der Waals surface area contributed by atoms with E-state index in [2.05, 4.69) is 0 Å². The number of carbonyl (C=O) groups excluding carboxylic acids is 4. The van der Waals surface area contributed by atoms with E-state index in [1.807, 2.05) is 0 Å². The number of carbonyl (C=O) groups is 4. The molecule has 2 atom stereocenters. The fourth-order valence-corrected chi connectivity index (χ4v) is 2.58. The molecule has 26 heavy (non-hydrogen) atoms. The molecule has 0 N–H and O–H groups in total. The molecule has 0 heterocycles. The number of hydrogen-bond donors (Lipinski definition) is 0. The minimum atomic E-state index is -1.26. The molecule has 0 aromatic heterocycles. The molecule has 1 aliphatic carbocycles. The van der Waals surface area contributed by atoms with Crippen molar-refractivity contribution in [3.05, 3.63) is 11.1 Å². The van der Waals surface area contributed by atoms with Crippen LogP contribution in [0.2, 0.25) is 0 Å². The Labute approximate surface area is 152 Å². The zero-order chi connectivity index (χ0) is 20.0. The maximum Gasteiger partial charge on any atom is 0.335 e. The summed E-state index contributed by atoms with van der Waals surface area (Å²) in [4.78, 5) is 49.5. The minimum absolute atomic E-state index is 0.0471. The Morgan fingerprint density at radius 3 is 1.65 bits per heavy atom. The van der Waals surface area contributed by atoms with Crippen LogP contribution in [-0.4, -0.2) is 49.3 Å². The van der Waals surface area contributed by atoms with Gasteiger partial charge in [-0.1, -0.05) is 0 Å². The summed E-state index contributed by atoms with van der Waals surface area (Å²) in [6.45, 7) is 9.83. The van der Waals surface area contributed by atoms with Crippen LogP contribution in [0.1, 0.15) is 41.5 Å². The van der Waals surface area contributed by atoms with Crippen LogP contribution in [-0.2, 0) is 38.1 Å². The van der Waals surface area contributed by atoms with E-state index in [0.717, 1.165) is 0 Å². The summed E-state index contributed by atoms with van der Waals surface area (Å²) in [6, 6.07) is 0. The van der Waals surface area contributed by atoms with Gasteiger partial charge in [-0.3, -0.25) is 9.59 Å². The predicted molar refractivity (Wildman–Crippen MR) is 89.7 cm³/mol. The van der Waals surface area contributed by atoms with Crippen molar-refractivity contribution in [2.75, 3.05) is 13.2 Å². The SMILES string of the molecule is CCOC(=O)C1=C(C(=O)OC(C)C)[C@@H](C(=O)OC(C)C)[C@@H]1C(=O)OCC. The first-order valence-corrected chi connectivity index (χ1v) is 8.64. The van der Waals surface area contributed by atoms with E-state index in [4.69, 9.17) is 18.9 Å².